The Bertz CT molecular complexity index is 587. The van der Waals surface area contributed by atoms with Crippen LogP contribution >= 0.6 is 12.4 Å². The van der Waals surface area contributed by atoms with E-state index in [9.17, 15) is 4.79 Å². The third kappa shape index (κ3) is 7.31. The van der Waals surface area contributed by atoms with Crippen LogP contribution in [0.4, 0.5) is 5.69 Å². The average molecular weight is 333 g/mol. The van der Waals surface area contributed by atoms with Gasteiger partial charge in [0.15, 0.2) is 0 Å². The molecule has 0 spiro atoms. The van der Waals surface area contributed by atoms with Crippen LogP contribution in [0.3, 0.4) is 0 Å². The minimum absolute atomic E-state index is 0. The molecule has 4 heteroatoms. The molecule has 2 rings (SSSR count). The van der Waals surface area contributed by atoms with Gasteiger partial charge in [-0.1, -0.05) is 42.5 Å². The second-order valence-corrected chi connectivity index (χ2v) is 5.48. The second-order valence-electron chi connectivity index (χ2n) is 5.48. The Hall–Kier alpha value is -1.84. The summed E-state index contributed by atoms with van der Waals surface area (Å²) in [5, 5.41) is 2.93. The molecule has 0 saturated heterocycles. The Balaban J connectivity index is 0.00000264. The van der Waals surface area contributed by atoms with Gasteiger partial charge in [-0.3, -0.25) is 4.79 Å². The highest BCUT2D eigenvalue weighted by Crippen LogP contribution is 2.14. The highest BCUT2D eigenvalue weighted by atomic mass is 35.5. The largest absolute Gasteiger partial charge is 0.330 e. The zero-order valence-corrected chi connectivity index (χ0v) is 14.1. The third-order valence-corrected chi connectivity index (χ3v) is 3.59. The molecule has 0 aliphatic carbocycles. The van der Waals surface area contributed by atoms with Gasteiger partial charge >= 0.3 is 0 Å². The number of carbonyl (C=O) groups is 1. The highest BCUT2D eigenvalue weighted by Gasteiger charge is 2.02. The lowest BCUT2D eigenvalue weighted by Gasteiger charge is -2.07. The van der Waals surface area contributed by atoms with Crippen LogP contribution in [0.2, 0.25) is 0 Å². The van der Waals surface area contributed by atoms with Gasteiger partial charge in [-0.2, -0.15) is 0 Å². The lowest BCUT2D eigenvalue weighted by atomic mass is 10.0. The molecule has 2 aromatic rings. The fourth-order valence-electron chi connectivity index (χ4n) is 2.43. The number of aryl methyl sites for hydroxylation is 2. The Morgan fingerprint density at radius 1 is 0.913 bits per heavy atom. The van der Waals surface area contributed by atoms with Gasteiger partial charge in [0.25, 0.3) is 0 Å². The molecule has 2 aromatic carbocycles. The van der Waals surface area contributed by atoms with E-state index >= 15 is 0 Å². The molecule has 0 fully saturated rings. The monoisotopic (exact) mass is 332 g/mol. The Kier molecular flexibility index (Phi) is 9.03. The molecular weight excluding hydrogens is 308 g/mol. The lowest BCUT2D eigenvalue weighted by molar-refractivity contribution is -0.116. The normalized spacial score (nSPS) is 9.96. The van der Waals surface area contributed by atoms with Crippen molar-refractivity contribution in [2.75, 3.05) is 11.9 Å². The van der Waals surface area contributed by atoms with E-state index in [0.717, 1.165) is 31.4 Å². The molecular formula is C19H25ClN2O. The van der Waals surface area contributed by atoms with E-state index in [4.69, 9.17) is 5.73 Å². The van der Waals surface area contributed by atoms with Gasteiger partial charge in [-0.25, -0.2) is 0 Å². The van der Waals surface area contributed by atoms with Gasteiger partial charge < -0.3 is 11.1 Å². The van der Waals surface area contributed by atoms with Gasteiger partial charge in [0.05, 0.1) is 0 Å². The first-order valence-electron chi connectivity index (χ1n) is 7.91. The topological polar surface area (TPSA) is 55.1 Å². The average Bonchev–Trinajstić information content (AvgIpc) is 2.54. The van der Waals surface area contributed by atoms with Crippen LogP contribution in [0.15, 0.2) is 54.6 Å². The number of hydrogen-bond acceptors (Lipinski definition) is 2. The number of hydrogen-bond donors (Lipinski definition) is 2. The summed E-state index contributed by atoms with van der Waals surface area (Å²) in [4.78, 5) is 11.7. The molecule has 0 bridgehead atoms. The van der Waals surface area contributed by atoms with Crippen LogP contribution < -0.4 is 11.1 Å². The molecule has 124 valence electrons. The summed E-state index contributed by atoms with van der Waals surface area (Å²) in [6.45, 7) is 0.549. The van der Waals surface area contributed by atoms with Crippen molar-refractivity contribution in [2.24, 2.45) is 5.73 Å². The minimum Gasteiger partial charge on any atom is -0.330 e. The molecule has 3 N–H and O–H groups in total. The second kappa shape index (κ2) is 10.8. The van der Waals surface area contributed by atoms with Crippen molar-refractivity contribution >= 4 is 24.0 Å². The summed E-state index contributed by atoms with van der Waals surface area (Å²) in [5.74, 6) is 0.0342. The van der Waals surface area contributed by atoms with Crippen molar-refractivity contribution in [2.45, 2.75) is 32.1 Å². The molecule has 0 saturated carbocycles. The van der Waals surface area contributed by atoms with Gasteiger partial charge in [0.2, 0.25) is 5.91 Å². The van der Waals surface area contributed by atoms with Crippen molar-refractivity contribution in [1.29, 1.82) is 0 Å². The predicted molar refractivity (Wildman–Crippen MR) is 99.1 cm³/mol. The van der Waals surface area contributed by atoms with Gasteiger partial charge in [0, 0.05) is 12.1 Å². The molecule has 0 heterocycles. The Labute approximate surface area is 144 Å². The number of anilines is 1. The molecule has 23 heavy (non-hydrogen) atoms. The van der Waals surface area contributed by atoms with E-state index < -0.39 is 0 Å². The molecule has 0 atom stereocenters. The summed E-state index contributed by atoms with van der Waals surface area (Å²) in [5.41, 5.74) is 8.92. The predicted octanol–water partition coefficient (Wildman–Crippen LogP) is 3.96. The first-order chi connectivity index (χ1) is 10.8. The van der Waals surface area contributed by atoms with Crippen LogP contribution in [0, 0.1) is 0 Å². The zero-order chi connectivity index (χ0) is 15.6. The summed E-state index contributed by atoms with van der Waals surface area (Å²) in [6, 6.07) is 18.6. The summed E-state index contributed by atoms with van der Waals surface area (Å²) >= 11 is 0. The fourth-order valence-corrected chi connectivity index (χ4v) is 2.43. The number of carbonyl (C=O) groups excluding carboxylic acids is 1. The SMILES string of the molecule is Cl.NCCCC(=O)Nc1cccc(CCCc2ccccc2)c1. The highest BCUT2D eigenvalue weighted by molar-refractivity contribution is 5.90. The molecule has 0 aliphatic rings. The first kappa shape index (κ1) is 19.2. The minimum atomic E-state index is 0. The van der Waals surface area contributed by atoms with Crippen molar-refractivity contribution in [3.63, 3.8) is 0 Å². The van der Waals surface area contributed by atoms with Crippen LogP contribution in [-0.2, 0) is 17.6 Å². The van der Waals surface area contributed by atoms with Gasteiger partial charge in [0.1, 0.15) is 0 Å². The third-order valence-electron chi connectivity index (χ3n) is 3.59. The Morgan fingerprint density at radius 2 is 1.61 bits per heavy atom. The zero-order valence-electron chi connectivity index (χ0n) is 13.3. The summed E-state index contributed by atoms with van der Waals surface area (Å²) in [6.07, 6.45) is 4.40. The Morgan fingerprint density at radius 3 is 2.35 bits per heavy atom. The van der Waals surface area contributed by atoms with Crippen molar-refractivity contribution in [3.8, 4) is 0 Å². The van der Waals surface area contributed by atoms with E-state index in [0.29, 0.717) is 13.0 Å². The van der Waals surface area contributed by atoms with E-state index in [1.165, 1.54) is 11.1 Å². The lowest BCUT2D eigenvalue weighted by Crippen LogP contribution is -2.13. The van der Waals surface area contributed by atoms with Crippen molar-refractivity contribution < 1.29 is 4.79 Å². The molecule has 0 aliphatic heterocycles. The standard InChI is InChI=1S/C19H24N2O.ClH/c20-14-6-13-19(22)21-18-12-5-11-17(15-18)10-4-9-16-7-2-1-3-8-16;/h1-3,5,7-8,11-12,15H,4,6,9-10,13-14,20H2,(H,21,22);1H. The summed E-state index contributed by atoms with van der Waals surface area (Å²) in [7, 11) is 0. The molecule has 0 aromatic heterocycles. The number of benzene rings is 2. The summed E-state index contributed by atoms with van der Waals surface area (Å²) < 4.78 is 0. The van der Waals surface area contributed by atoms with Crippen LogP contribution in [-0.4, -0.2) is 12.5 Å². The first-order valence-corrected chi connectivity index (χ1v) is 7.91. The number of rotatable bonds is 8. The molecule has 3 nitrogen and oxygen atoms in total. The van der Waals surface area contributed by atoms with E-state index in [1.54, 1.807) is 0 Å². The number of nitrogens with two attached hydrogens (primary N) is 1. The van der Waals surface area contributed by atoms with Crippen LogP contribution in [0.5, 0.6) is 0 Å². The fraction of sp³-hybridized carbons (Fsp3) is 0.316. The van der Waals surface area contributed by atoms with Crippen LogP contribution in [0.1, 0.15) is 30.4 Å². The smallest absolute Gasteiger partial charge is 0.224 e. The number of halogens is 1. The van der Waals surface area contributed by atoms with E-state index in [1.807, 2.05) is 18.2 Å². The van der Waals surface area contributed by atoms with Crippen LogP contribution in [0.25, 0.3) is 0 Å². The number of amides is 1. The van der Waals surface area contributed by atoms with E-state index in [-0.39, 0.29) is 18.3 Å². The maximum absolute atomic E-state index is 11.7. The van der Waals surface area contributed by atoms with Crippen molar-refractivity contribution in [1.82, 2.24) is 0 Å². The van der Waals surface area contributed by atoms with Gasteiger partial charge in [-0.05, 0) is 55.5 Å². The molecule has 0 radical (unpaired) electrons. The maximum Gasteiger partial charge on any atom is 0.224 e. The molecule has 0 unspecified atom stereocenters. The maximum atomic E-state index is 11.7. The van der Waals surface area contributed by atoms with Crippen molar-refractivity contribution in [3.05, 3.63) is 65.7 Å². The quantitative estimate of drug-likeness (QED) is 0.768. The van der Waals surface area contributed by atoms with E-state index in [2.05, 4.69) is 41.7 Å². The van der Waals surface area contributed by atoms with Gasteiger partial charge in [-0.15, -0.1) is 12.4 Å². The molecule has 1 amide bonds. The number of nitrogens with one attached hydrogen (secondary N) is 1.